The lowest BCUT2D eigenvalue weighted by molar-refractivity contribution is 0.0252. The van der Waals surface area contributed by atoms with Gasteiger partial charge in [-0.3, -0.25) is 0 Å². The second kappa shape index (κ2) is 1.72. The van der Waals surface area contributed by atoms with E-state index >= 15 is 0 Å². The molecule has 1 aliphatic carbocycles. The molecule has 3 nitrogen and oxygen atoms in total. The number of hydrogen-bond donors (Lipinski definition) is 1. The van der Waals surface area contributed by atoms with Crippen LogP contribution in [0, 0.1) is 11.8 Å². The summed E-state index contributed by atoms with van der Waals surface area (Å²) in [6, 6.07) is 0. The fraction of sp³-hybridized carbons (Fsp3) is 1.00. The van der Waals surface area contributed by atoms with E-state index in [0.717, 1.165) is 6.42 Å². The number of epoxide rings is 1. The van der Waals surface area contributed by atoms with Crippen molar-refractivity contribution in [2.24, 2.45) is 11.8 Å². The molecule has 0 aromatic heterocycles. The quantitative estimate of drug-likeness (QED) is 0.514. The number of ether oxygens (including phenoxy) is 2. The molecular weight excluding hydrogens is 156 g/mol. The minimum absolute atomic E-state index is 0.109. The van der Waals surface area contributed by atoms with Crippen LogP contribution in [-0.2, 0) is 9.47 Å². The molecule has 7 unspecified atom stereocenters. The zero-order valence-corrected chi connectivity index (χ0v) is 6.72. The van der Waals surface area contributed by atoms with Crippen molar-refractivity contribution in [1.29, 1.82) is 0 Å². The second-order valence-electron chi connectivity index (χ2n) is 4.56. The van der Waals surface area contributed by atoms with Crippen LogP contribution in [0.2, 0.25) is 0 Å². The summed E-state index contributed by atoms with van der Waals surface area (Å²) in [5, 5.41) is 9.62. The normalized spacial score (nSPS) is 71.2. The van der Waals surface area contributed by atoms with Crippen LogP contribution in [0.3, 0.4) is 0 Å². The highest BCUT2D eigenvalue weighted by molar-refractivity contribution is 5.14. The molecule has 12 heavy (non-hydrogen) atoms. The Morgan fingerprint density at radius 1 is 1.00 bits per heavy atom. The summed E-state index contributed by atoms with van der Waals surface area (Å²) in [5.74, 6) is 1.24. The van der Waals surface area contributed by atoms with Gasteiger partial charge in [0, 0.05) is 12.3 Å². The maximum Gasteiger partial charge on any atom is 0.0899 e. The monoisotopic (exact) mass is 168 g/mol. The van der Waals surface area contributed by atoms with Crippen molar-refractivity contribution in [3.63, 3.8) is 0 Å². The molecule has 0 amide bonds. The van der Waals surface area contributed by atoms with Crippen LogP contribution in [-0.4, -0.2) is 35.6 Å². The van der Waals surface area contributed by atoms with Gasteiger partial charge in [-0.1, -0.05) is 0 Å². The van der Waals surface area contributed by atoms with E-state index in [2.05, 4.69) is 0 Å². The van der Waals surface area contributed by atoms with Gasteiger partial charge in [0.25, 0.3) is 0 Å². The topological polar surface area (TPSA) is 42.0 Å². The van der Waals surface area contributed by atoms with E-state index in [1.165, 1.54) is 6.42 Å². The van der Waals surface area contributed by atoms with Crippen LogP contribution < -0.4 is 0 Å². The lowest BCUT2D eigenvalue weighted by atomic mass is 9.79. The summed E-state index contributed by atoms with van der Waals surface area (Å²) in [7, 11) is 0. The Balaban J connectivity index is 1.74. The van der Waals surface area contributed by atoms with E-state index in [1.807, 2.05) is 0 Å². The molecule has 4 aliphatic rings. The van der Waals surface area contributed by atoms with E-state index < -0.39 is 0 Å². The molecule has 1 saturated carbocycles. The van der Waals surface area contributed by atoms with Gasteiger partial charge in [0.05, 0.1) is 30.5 Å². The first-order chi connectivity index (χ1) is 5.84. The van der Waals surface area contributed by atoms with Gasteiger partial charge >= 0.3 is 0 Å². The molecular formula is C9H12O3. The SMILES string of the molecule is OC1CC2OC1C1C2CC2OC21. The predicted octanol–water partition coefficient (Wildman–Crippen LogP) is -0.0781. The first-order valence-electron chi connectivity index (χ1n) is 4.83. The summed E-state index contributed by atoms with van der Waals surface area (Å²) in [4.78, 5) is 0. The van der Waals surface area contributed by atoms with Crippen molar-refractivity contribution in [2.75, 3.05) is 0 Å². The van der Waals surface area contributed by atoms with Crippen molar-refractivity contribution in [3.05, 3.63) is 0 Å². The first kappa shape index (κ1) is 6.35. The molecule has 2 bridgehead atoms. The molecule has 4 fully saturated rings. The first-order valence-corrected chi connectivity index (χ1v) is 4.83. The molecule has 3 heteroatoms. The van der Waals surface area contributed by atoms with Gasteiger partial charge in [-0.2, -0.15) is 0 Å². The predicted molar refractivity (Wildman–Crippen MR) is 39.5 cm³/mol. The zero-order valence-electron chi connectivity index (χ0n) is 6.72. The standard InChI is InChI=1S/C9H12O3/c10-4-2-5-3-1-6-9(12-6)7(3)8(4)11-5/h3-10H,1-2H2. The third kappa shape index (κ3) is 0.543. The Labute approximate surface area is 70.7 Å². The lowest BCUT2D eigenvalue weighted by Gasteiger charge is -2.25. The van der Waals surface area contributed by atoms with Crippen LogP contribution in [0.4, 0.5) is 0 Å². The number of rotatable bonds is 0. The highest BCUT2D eigenvalue weighted by Crippen LogP contribution is 2.58. The van der Waals surface area contributed by atoms with Crippen molar-refractivity contribution in [2.45, 2.75) is 43.4 Å². The number of aliphatic hydroxyl groups is 1. The van der Waals surface area contributed by atoms with Crippen LogP contribution in [0.15, 0.2) is 0 Å². The minimum atomic E-state index is -0.209. The lowest BCUT2D eigenvalue weighted by Crippen LogP contribution is -2.36. The molecule has 0 aromatic rings. The molecule has 4 rings (SSSR count). The summed E-state index contributed by atoms with van der Waals surface area (Å²) in [6.45, 7) is 0. The molecule has 7 atom stereocenters. The molecule has 66 valence electrons. The minimum Gasteiger partial charge on any atom is -0.390 e. The van der Waals surface area contributed by atoms with Crippen molar-refractivity contribution in [1.82, 2.24) is 0 Å². The Morgan fingerprint density at radius 3 is 2.75 bits per heavy atom. The fourth-order valence-electron chi connectivity index (χ4n) is 3.53. The van der Waals surface area contributed by atoms with E-state index in [9.17, 15) is 5.11 Å². The average molecular weight is 168 g/mol. The molecule has 0 radical (unpaired) electrons. The van der Waals surface area contributed by atoms with E-state index in [0.29, 0.717) is 30.1 Å². The van der Waals surface area contributed by atoms with Gasteiger partial charge in [0.15, 0.2) is 0 Å². The smallest absolute Gasteiger partial charge is 0.0899 e. The fourth-order valence-corrected chi connectivity index (χ4v) is 3.53. The third-order valence-corrected chi connectivity index (χ3v) is 4.04. The largest absolute Gasteiger partial charge is 0.390 e. The third-order valence-electron chi connectivity index (χ3n) is 4.04. The van der Waals surface area contributed by atoms with Crippen LogP contribution in [0.1, 0.15) is 12.8 Å². The average Bonchev–Trinajstić information content (AvgIpc) is 2.42. The zero-order chi connectivity index (χ0) is 7.87. The van der Waals surface area contributed by atoms with Crippen LogP contribution in [0.5, 0.6) is 0 Å². The van der Waals surface area contributed by atoms with E-state index in [4.69, 9.17) is 9.47 Å². The Bertz CT molecular complexity index is 242. The number of fused-ring (bicyclic) bond motifs is 7. The van der Waals surface area contributed by atoms with Gasteiger partial charge in [-0.15, -0.1) is 0 Å². The van der Waals surface area contributed by atoms with Gasteiger partial charge in [0.1, 0.15) is 0 Å². The molecule has 3 aliphatic heterocycles. The van der Waals surface area contributed by atoms with Gasteiger partial charge in [-0.05, 0) is 12.3 Å². The van der Waals surface area contributed by atoms with Gasteiger partial charge in [0.2, 0.25) is 0 Å². The molecule has 3 saturated heterocycles. The second-order valence-corrected chi connectivity index (χ2v) is 4.56. The molecule has 0 aromatic carbocycles. The summed E-state index contributed by atoms with van der Waals surface area (Å²) in [6.07, 6.45) is 3.27. The maximum atomic E-state index is 9.62. The molecule has 0 spiro atoms. The summed E-state index contributed by atoms with van der Waals surface area (Å²) < 4.78 is 11.2. The summed E-state index contributed by atoms with van der Waals surface area (Å²) in [5.41, 5.74) is 0. The van der Waals surface area contributed by atoms with Crippen LogP contribution >= 0.6 is 0 Å². The summed E-state index contributed by atoms with van der Waals surface area (Å²) >= 11 is 0. The Kier molecular flexibility index (Phi) is 0.908. The number of aliphatic hydroxyl groups excluding tert-OH is 1. The molecule has 3 heterocycles. The molecule has 1 N–H and O–H groups in total. The van der Waals surface area contributed by atoms with Gasteiger partial charge < -0.3 is 14.6 Å². The van der Waals surface area contributed by atoms with Crippen molar-refractivity contribution < 1.29 is 14.6 Å². The Morgan fingerprint density at radius 2 is 1.83 bits per heavy atom. The van der Waals surface area contributed by atoms with Crippen molar-refractivity contribution in [3.8, 4) is 0 Å². The highest BCUT2D eigenvalue weighted by Gasteiger charge is 2.67. The highest BCUT2D eigenvalue weighted by atomic mass is 16.6. The van der Waals surface area contributed by atoms with Gasteiger partial charge in [-0.25, -0.2) is 0 Å². The van der Waals surface area contributed by atoms with Crippen LogP contribution in [0.25, 0.3) is 0 Å². The van der Waals surface area contributed by atoms with E-state index in [1.54, 1.807) is 0 Å². The van der Waals surface area contributed by atoms with E-state index in [-0.39, 0.29) is 12.2 Å². The number of hydrogen-bond acceptors (Lipinski definition) is 3. The van der Waals surface area contributed by atoms with Crippen molar-refractivity contribution >= 4 is 0 Å². The maximum absolute atomic E-state index is 9.62. The Hall–Kier alpha value is -0.120.